The van der Waals surface area contributed by atoms with E-state index in [0.29, 0.717) is 47.7 Å². The second kappa shape index (κ2) is 7.30. The Labute approximate surface area is 187 Å². The normalized spacial score (nSPS) is 17.1. The number of hydrogen-bond acceptors (Lipinski definition) is 8. The number of nitrogens with one attached hydrogen (secondary N) is 1. The highest BCUT2D eigenvalue weighted by Crippen LogP contribution is 2.39. The molecule has 0 amide bonds. The molecule has 4 aromatic rings. The van der Waals surface area contributed by atoms with Crippen molar-refractivity contribution >= 4 is 28.9 Å². The first-order valence-corrected chi connectivity index (χ1v) is 10.4. The molecule has 2 aliphatic heterocycles. The second-order valence-corrected chi connectivity index (χ2v) is 7.74. The number of guanidine groups is 1. The average molecular weight is 445 g/mol. The van der Waals surface area contributed by atoms with Crippen molar-refractivity contribution in [3.63, 3.8) is 0 Å². The summed E-state index contributed by atoms with van der Waals surface area (Å²) in [5.41, 5.74) is 8.52. The van der Waals surface area contributed by atoms with E-state index in [0.717, 1.165) is 17.5 Å². The number of carboxylic acid groups (broad SMARTS) is 1. The Bertz CT molecular complexity index is 1420. The summed E-state index contributed by atoms with van der Waals surface area (Å²) in [4.78, 5) is 20.3. The third kappa shape index (κ3) is 3.23. The van der Waals surface area contributed by atoms with E-state index in [1.54, 1.807) is 12.1 Å². The van der Waals surface area contributed by atoms with E-state index >= 15 is 0 Å². The summed E-state index contributed by atoms with van der Waals surface area (Å²) in [6, 6.07) is 13.9. The summed E-state index contributed by atoms with van der Waals surface area (Å²) in [5.74, 6) is 2.24. The maximum absolute atomic E-state index is 11.1. The molecule has 0 saturated carbocycles. The summed E-state index contributed by atoms with van der Waals surface area (Å²) >= 11 is 0. The van der Waals surface area contributed by atoms with Gasteiger partial charge in [-0.3, -0.25) is 9.88 Å². The number of aromatic nitrogens is 2. The Hall–Kier alpha value is -4.47. The molecule has 2 aromatic carbocycles. The Morgan fingerprint density at radius 3 is 2.61 bits per heavy atom. The summed E-state index contributed by atoms with van der Waals surface area (Å²) in [6.45, 7) is 1.17. The van der Waals surface area contributed by atoms with Gasteiger partial charge in [-0.2, -0.15) is 0 Å². The van der Waals surface area contributed by atoms with E-state index in [2.05, 4.69) is 15.3 Å². The minimum absolute atomic E-state index is 0.209. The number of carbonyl (C=O) groups is 1. The first kappa shape index (κ1) is 19.2. The molecule has 4 heterocycles. The van der Waals surface area contributed by atoms with Crippen molar-refractivity contribution in [1.29, 1.82) is 0 Å². The highest BCUT2D eigenvalue weighted by Gasteiger charge is 2.29. The van der Waals surface area contributed by atoms with Gasteiger partial charge in [-0.15, -0.1) is 0 Å². The Morgan fingerprint density at radius 2 is 1.85 bits per heavy atom. The number of nitrogens with zero attached hydrogens (tertiary/aromatic N) is 3. The lowest BCUT2D eigenvalue weighted by Gasteiger charge is -2.22. The van der Waals surface area contributed by atoms with Gasteiger partial charge in [0.2, 0.25) is 5.95 Å². The van der Waals surface area contributed by atoms with Crippen LogP contribution in [0.15, 0.2) is 57.9 Å². The number of fused-ring (bicyclic) bond motifs is 4. The molecule has 6 rings (SSSR count). The number of nitrogens with two attached hydrogens (primary N) is 1. The number of benzene rings is 2. The number of ether oxygens (including phenoxy) is 2. The molecule has 33 heavy (non-hydrogen) atoms. The molecule has 10 heteroatoms. The monoisotopic (exact) mass is 445 g/mol. The molecule has 2 aromatic heterocycles. The average Bonchev–Trinajstić information content (AvgIpc) is 3.36. The standard InChI is InChI=1S/C23H19N5O5/c24-22-26-20(17-7-6-16(33-17)12-2-4-13(5-3-12)21(29)30)28-15-11-19-18(31-8-1-9-32-19)10-14(15)25-23(28)27-22/h2-7,10-11,20H,1,8-9H2,(H,29,30)(H3,24,25,26,27). The zero-order valence-electron chi connectivity index (χ0n) is 17.3. The molecule has 0 fully saturated rings. The lowest BCUT2D eigenvalue weighted by Crippen LogP contribution is -2.31. The summed E-state index contributed by atoms with van der Waals surface area (Å²) in [5, 5.41) is 12.1. The lowest BCUT2D eigenvalue weighted by molar-refractivity contribution is 0.0697. The summed E-state index contributed by atoms with van der Waals surface area (Å²) in [7, 11) is 0. The van der Waals surface area contributed by atoms with Gasteiger partial charge >= 0.3 is 5.97 Å². The summed E-state index contributed by atoms with van der Waals surface area (Å²) in [6.07, 6.45) is 0.230. The lowest BCUT2D eigenvalue weighted by atomic mass is 10.1. The van der Waals surface area contributed by atoms with Crippen LogP contribution in [0.25, 0.3) is 22.4 Å². The number of furan rings is 1. The van der Waals surface area contributed by atoms with Crippen LogP contribution in [0.3, 0.4) is 0 Å². The zero-order valence-corrected chi connectivity index (χ0v) is 17.3. The van der Waals surface area contributed by atoms with Gasteiger partial charge in [-0.1, -0.05) is 12.1 Å². The van der Waals surface area contributed by atoms with Crippen molar-refractivity contribution in [3.8, 4) is 22.8 Å². The Kier molecular flexibility index (Phi) is 4.25. The van der Waals surface area contributed by atoms with E-state index in [1.165, 1.54) is 12.1 Å². The fourth-order valence-electron chi connectivity index (χ4n) is 4.04. The third-order valence-electron chi connectivity index (χ3n) is 5.60. The zero-order chi connectivity index (χ0) is 22.5. The molecular formula is C23H19N5O5. The number of imidazole rings is 1. The predicted octanol–water partition coefficient (Wildman–Crippen LogP) is 3.44. The van der Waals surface area contributed by atoms with E-state index in [-0.39, 0.29) is 11.5 Å². The van der Waals surface area contributed by atoms with Crippen LogP contribution < -0.4 is 20.5 Å². The number of carboxylic acids is 1. The van der Waals surface area contributed by atoms with Crippen LogP contribution in [0.4, 0.5) is 5.95 Å². The molecule has 1 atom stereocenters. The minimum atomic E-state index is -0.979. The Balaban J connectivity index is 1.42. The summed E-state index contributed by atoms with van der Waals surface area (Å²) < 4.78 is 19.7. The van der Waals surface area contributed by atoms with Crippen molar-refractivity contribution in [2.75, 3.05) is 18.5 Å². The van der Waals surface area contributed by atoms with Gasteiger partial charge in [-0.05, 0) is 24.3 Å². The molecular weight excluding hydrogens is 426 g/mol. The largest absolute Gasteiger partial charge is 0.489 e. The number of rotatable bonds is 3. The second-order valence-electron chi connectivity index (χ2n) is 7.74. The van der Waals surface area contributed by atoms with Crippen LogP contribution >= 0.6 is 0 Å². The van der Waals surface area contributed by atoms with Crippen LogP contribution in [-0.4, -0.2) is 39.8 Å². The van der Waals surface area contributed by atoms with Crippen molar-refractivity contribution in [2.24, 2.45) is 10.7 Å². The highest BCUT2D eigenvalue weighted by molar-refractivity contribution is 5.95. The number of aliphatic imine (C=N–C) groups is 1. The van der Waals surface area contributed by atoms with Gasteiger partial charge in [0.25, 0.3) is 0 Å². The van der Waals surface area contributed by atoms with Gasteiger partial charge in [0.15, 0.2) is 23.6 Å². The maximum Gasteiger partial charge on any atom is 0.335 e. The van der Waals surface area contributed by atoms with E-state index in [9.17, 15) is 4.79 Å². The maximum atomic E-state index is 11.1. The molecule has 0 aliphatic carbocycles. The van der Waals surface area contributed by atoms with Gasteiger partial charge in [0, 0.05) is 24.1 Å². The smallest absolute Gasteiger partial charge is 0.335 e. The van der Waals surface area contributed by atoms with Crippen molar-refractivity contribution < 1.29 is 23.8 Å². The fraction of sp³-hybridized carbons (Fsp3) is 0.174. The number of anilines is 1. The SMILES string of the molecule is NC1=NC(c2ccc(-c3ccc(C(=O)O)cc3)o2)n2c(nc3cc4c(cc32)OCCCO4)N1. The van der Waals surface area contributed by atoms with Crippen molar-refractivity contribution in [2.45, 2.75) is 12.6 Å². The molecule has 0 bridgehead atoms. The van der Waals surface area contributed by atoms with Crippen LogP contribution in [0, 0.1) is 0 Å². The van der Waals surface area contributed by atoms with Crippen LogP contribution in [-0.2, 0) is 0 Å². The van der Waals surface area contributed by atoms with E-state index in [1.807, 2.05) is 28.8 Å². The first-order chi connectivity index (χ1) is 16.1. The minimum Gasteiger partial charge on any atom is -0.489 e. The van der Waals surface area contributed by atoms with Crippen LogP contribution in [0.1, 0.15) is 28.7 Å². The van der Waals surface area contributed by atoms with E-state index in [4.69, 9.17) is 24.7 Å². The molecule has 0 saturated heterocycles. The molecule has 1 unspecified atom stereocenters. The molecule has 166 valence electrons. The highest BCUT2D eigenvalue weighted by atomic mass is 16.5. The third-order valence-corrected chi connectivity index (χ3v) is 5.60. The molecule has 10 nitrogen and oxygen atoms in total. The Morgan fingerprint density at radius 1 is 1.09 bits per heavy atom. The fourth-order valence-corrected chi connectivity index (χ4v) is 4.04. The van der Waals surface area contributed by atoms with Gasteiger partial charge in [0.05, 0.1) is 29.8 Å². The molecule has 0 radical (unpaired) electrons. The van der Waals surface area contributed by atoms with Gasteiger partial charge in [0.1, 0.15) is 11.5 Å². The predicted molar refractivity (Wildman–Crippen MR) is 120 cm³/mol. The topological polar surface area (TPSA) is 137 Å². The van der Waals surface area contributed by atoms with Crippen LogP contribution in [0.5, 0.6) is 11.5 Å². The van der Waals surface area contributed by atoms with Crippen molar-refractivity contribution in [3.05, 3.63) is 59.9 Å². The number of hydrogen-bond donors (Lipinski definition) is 3. The van der Waals surface area contributed by atoms with Gasteiger partial charge in [-0.25, -0.2) is 14.8 Å². The van der Waals surface area contributed by atoms with E-state index < -0.39 is 12.1 Å². The van der Waals surface area contributed by atoms with Gasteiger partial charge < -0.3 is 24.7 Å². The molecule has 4 N–H and O–H groups in total. The number of aromatic carboxylic acids is 1. The van der Waals surface area contributed by atoms with Crippen molar-refractivity contribution in [1.82, 2.24) is 9.55 Å². The van der Waals surface area contributed by atoms with Crippen LogP contribution in [0.2, 0.25) is 0 Å². The molecule has 2 aliphatic rings. The molecule has 0 spiro atoms. The quantitative estimate of drug-likeness (QED) is 0.436. The first-order valence-electron chi connectivity index (χ1n) is 10.4.